The number of carbonyl (C=O) groups is 2. The first-order chi connectivity index (χ1) is 10.1. The maximum absolute atomic E-state index is 12.2. The number of rotatable bonds is 4. The Morgan fingerprint density at radius 3 is 2.33 bits per heavy atom. The Morgan fingerprint density at radius 2 is 1.76 bits per heavy atom. The Balaban J connectivity index is 1.95. The van der Waals surface area contributed by atoms with Gasteiger partial charge in [0, 0.05) is 43.1 Å². The molecule has 0 radical (unpaired) electrons. The highest BCUT2D eigenvalue weighted by molar-refractivity contribution is 9.10. The summed E-state index contributed by atoms with van der Waals surface area (Å²) < 4.78 is 0.971. The van der Waals surface area contributed by atoms with Gasteiger partial charge in [0.05, 0.1) is 0 Å². The number of benzene rings is 1. The number of halogens is 1. The summed E-state index contributed by atoms with van der Waals surface area (Å²) in [5.74, 6) is 0.113. The lowest BCUT2D eigenvalue weighted by Crippen LogP contribution is -2.38. The molecule has 2 rings (SSSR count). The summed E-state index contributed by atoms with van der Waals surface area (Å²) in [6, 6.07) is 7.57. The lowest BCUT2D eigenvalue weighted by Gasteiger charge is -2.28. The minimum absolute atomic E-state index is 0.0382. The minimum atomic E-state index is -0.0382. The van der Waals surface area contributed by atoms with E-state index in [1.165, 1.54) is 13.3 Å². The summed E-state index contributed by atoms with van der Waals surface area (Å²) in [5, 5.41) is 0. The number of nitrogens with zero attached hydrogens (tertiary/aromatic N) is 2. The van der Waals surface area contributed by atoms with Gasteiger partial charge in [0.25, 0.3) is 0 Å². The molecular formula is C16H21BrN2O2. The highest BCUT2D eigenvalue weighted by Gasteiger charge is 2.19. The van der Waals surface area contributed by atoms with Crippen LogP contribution < -0.4 is 4.90 Å². The van der Waals surface area contributed by atoms with Crippen LogP contribution in [-0.4, -0.2) is 36.3 Å². The Labute approximate surface area is 134 Å². The normalized spacial score (nSPS) is 14.9. The van der Waals surface area contributed by atoms with Crippen molar-refractivity contribution >= 4 is 33.4 Å². The molecule has 1 fully saturated rings. The number of likely N-dealkylation sites (tertiary alicyclic amines) is 1. The zero-order valence-electron chi connectivity index (χ0n) is 12.3. The summed E-state index contributed by atoms with van der Waals surface area (Å²) in [6.45, 7) is 3.69. The van der Waals surface area contributed by atoms with E-state index in [1.54, 1.807) is 4.90 Å². The van der Waals surface area contributed by atoms with Crippen molar-refractivity contribution in [2.24, 2.45) is 0 Å². The molecule has 0 saturated carbocycles. The van der Waals surface area contributed by atoms with Crippen LogP contribution in [0.3, 0.4) is 0 Å². The molecular weight excluding hydrogens is 332 g/mol. The van der Waals surface area contributed by atoms with Crippen molar-refractivity contribution in [2.75, 3.05) is 24.5 Å². The number of piperidine rings is 1. The van der Waals surface area contributed by atoms with Gasteiger partial charge in [-0.3, -0.25) is 9.59 Å². The van der Waals surface area contributed by atoms with Gasteiger partial charge >= 0.3 is 0 Å². The molecule has 1 aliphatic heterocycles. The Bertz CT molecular complexity index is 496. The van der Waals surface area contributed by atoms with E-state index in [0.29, 0.717) is 13.0 Å². The van der Waals surface area contributed by atoms with Crippen LogP contribution in [0.25, 0.3) is 0 Å². The molecule has 0 atom stereocenters. The average molecular weight is 353 g/mol. The summed E-state index contributed by atoms with van der Waals surface area (Å²) in [6.07, 6.45) is 3.78. The van der Waals surface area contributed by atoms with Gasteiger partial charge in [-0.2, -0.15) is 0 Å². The second-order valence-corrected chi connectivity index (χ2v) is 6.25. The van der Waals surface area contributed by atoms with Crippen LogP contribution in [0.1, 0.15) is 32.6 Å². The molecule has 4 nitrogen and oxygen atoms in total. The van der Waals surface area contributed by atoms with Gasteiger partial charge in [-0.15, -0.1) is 0 Å². The third-order valence-corrected chi connectivity index (χ3v) is 4.31. The topological polar surface area (TPSA) is 40.6 Å². The lowest BCUT2D eigenvalue weighted by molar-refractivity contribution is -0.131. The van der Waals surface area contributed by atoms with Gasteiger partial charge in [-0.25, -0.2) is 0 Å². The number of carbonyl (C=O) groups excluding carboxylic acids is 2. The van der Waals surface area contributed by atoms with Crippen molar-refractivity contribution in [1.29, 1.82) is 0 Å². The summed E-state index contributed by atoms with van der Waals surface area (Å²) >= 11 is 3.38. The van der Waals surface area contributed by atoms with Crippen molar-refractivity contribution in [3.8, 4) is 0 Å². The maximum atomic E-state index is 12.2. The van der Waals surface area contributed by atoms with Crippen LogP contribution in [-0.2, 0) is 9.59 Å². The molecule has 2 amide bonds. The van der Waals surface area contributed by atoms with Crippen LogP contribution in [0, 0.1) is 0 Å². The first-order valence-electron chi connectivity index (χ1n) is 7.39. The smallest absolute Gasteiger partial charge is 0.224 e. The largest absolute Gasteiger partial charge is 0.343 e. The van der Waals surface area contributed by atoms with Crippen molar-refractivity contribution in [1.82, 2.24) is 4.90 Å². The number of hydrogen-bond donors (Lipinski definition) is 0. The zero-order valence-corrected chi connectivity index (χ0v) is 13.9. The molecule has 0 bridgehead atoms. The lowest BCUT2D eigenvalue weighted by atomic mass is 10.1. The van der Waals surface area contributed by atoms with Crippen LogP contribution in [0.15, 0.2) is 28.7 Å². The third-order valence-electron chi connectivity index (χ3n) is 3.78. The summed E-state index contributed by atoms with van der Waals surface area (Å²) in [5.41, 5.74) is 0.831. The second kappa shape index (κ2) is 7.59. The quantitative estimate of drug-likeness (QED) is 0.834. The van der Waals surface area contributed by atoms with Crippen LogP contribution in [0.5, 0.6) is 0 Å². The first kappa shape index (κ1) is 16.0. The van der Waals surface area contributed by atoms with Gasteiger partial charge in [-0.05, 0) is 43.5 Å². The average Bonchev–Trinajstić information content (AvgIpc) is 2.49. The van der Waals surface area contributed by atoms with Crippen LogP contribution >= 0.6 is 15.9 Å². The highest BCUT2D eigenvalue weighted by atomic mass is 79.9. The standard InChI is InChI=1S/C16H21BrN2O2/c1-13(20)19(15-7-5-14(17)6-8-15)12-9-16(21)18-10-3-2-4-11-18/h5-8H,2-4,9-12H2,1H3. The van der Waals surface area contributed by atoms with E-state index in [2.05, 4.69) is 15.9 Å². The Hall–Kier alpha value is -1.36. The molecule has 0 aromatic heterocycles. The van der Waals surface area contributed by atoms with Crippen LogP contribution in [0.4, 0.5) is 5.69 Å². The highest BCUT2D eigenvalue weighted by Crippen LogP contribution is 2.19. The van der Waals surface area contributed by atoms with E-state index in [9.17, 15) is 9.59 Å². The monoisotopic (exact) mass is 352 g/mol. The molecule has 0 unspecified atom stereocenters. The maximum Gasteiger partial charge on any atom is 0.224 e. The van der Waals surface area contributed by atoms with Crippen molar-refractivity contribution in [3.05, 3.63) is 28.7 Å². The van der Waals surface area contributed by atoms with E-state index < -0.39 is 0 Å². The van der Waals surface area contributed by atoms with E-state index in [1.807, 2.05) is 29.2 Å². The number of hydrogen-bond acceptors (Lipinski definition) is 2. The molecule has 1 aliphatic rings. The number of amides is 2. The molecule has 0 aliphatic carbocycles. The SMILES string of the molecule is CC(=O)N(CCC(=O)N1CCCCC1)c1ccc(Br)cc1. The minimum Gasteiger partial charge on any atom is -0.343 e. The van der Waals surface area contributed by atoms with Gasteiger partial charge in [0.2, 0.25) is 11.8 Å². The Kier molecular flexibility index (Phi) is 5.79. The molecule has 21 heavy (non-hydrogen) atoms. The van der Waals surface area contributed by atoms with E-state index in [4.69, 9.17) is 0 Å². The molecule has 5 heteroatoms. The molecule has 1 aromatic carbocycles. The van der Waals surface area contributed by atoms with Crippen molar-refractivity contribution in [2.45, 2.75) is 32.6 Å². The van der Waals surface area contributed by atoms with E-state index in [-0.39, 0.29) is 11.8 Å². The number of anilines is 1. The fourth-order valence-corrected chi connectivity index (χ4v) is 2.86. The Morgan fingerprint density at radius 1 is 1.14 bits per heavy atom. The molecule has 0 N–H and O–H groups in total. The molecule has 1 aromatic rings. The molecule has 0 spiro atoms. The van der Waals surface area contributed by atoms with E-state index in [0.717, 1.165) is 36.1 Å². The molecule has 1 heterocycles. The van der Waals surface area contributed by atoms with Crippen molar-refractivity contribution < 1.29 is 9.59 Å². The fraction of sp³-hybridized carbons (Fsp3) is 0.500. The predicted octanol–water partition coefficient (Wildman–Crippen LogP) is 3.20. The van der Waals surface area contributed by atoms with Gasteiger partial charge < -0.3 is 9.80 Å². The van der Waals surface area contributed by atoms with Gasteiger partial charge in [-0.1, -0.05) is 15.9 Å². The summed E-state index contributed by atoms with van der Waals surface area (Å²) in [4.78, 5) is 27.6. The molecule has 1 saturated heterocycles. The molecule has 114 valence electrons. The predicted molar refractivity (Wildman–Crippen MR) is 87.2 cm³/mol. The van der Waals surface area contributed by atoms with Gasteiger partial charge in [0.15, 0.2) is 0 Å². The van der Waals surface area contributed by atoms with E-state index >= 15 is 0 Å². The fourth-order valence-electron chi connectivity index (χ4n) is 2.60. The first-order valence-corrected chi connectivity index (χ1v) is 8.18. The summed E-state index contributed by atoms with van der Waals surface area (Å²) in [7, 11) is 0. The van der Waals surface area contributed by atoms with Crippen molar-refractivity contribution in [3.63, 3.8) is 0 Å². The van der Waals surface area contributed by atoms with Gasteiger partial charge in [0.1, 0.15) is 0 Å². The van der Waals surface area contributed by atoms with Crippen LogP contribution in [0.2, 0.25) is 0 Å². The second-order valence-electron chi connectivity index (χ2n) is 5.34. The third kappa shape index (κ3) is 4.56. The zero-order chi connectivity index (χ0) is 15.2.